The van der Waals surface area contributed by atoms with E-state index in [2.05, 4.69) is 10.3 Å². The maximum absolute atomic E-state index is 12.6. The smallest absolute Gasteiger partial charge is 0.335 e. The second kappa shape index (κ2) is 8.22. The van der Waals surface area contributed by atoms with Crippen LogP contribution in [0.2, 0.25) is 0 Å². The van der Waals surface area contributed by atoms with Gasteiger partial charge in [0.1, 0.15) is 5.69 Å². The second-order valence-electron chi connectivity index (χ2n) is 6.12. The van der Waals surface area contributed by atoms with Crippen LogP contribution in [-0.4, -0.2) is 57.4 Å². The first-order chi connectivity index (χ1) is 13.0. The van der Waals surface area contributed by atoms with Crippen LogP contribution in [0.25, 0.3) is 0 Å². The molecule has 140 valence electrons. The van der Waals surface area contributed by atoms with Gasteiger partial charge in [0.25, 0.3) is 11.8 Å². The molecule has 0 unspecified atom stereocenters. The lowest BCUT2D eigenvalue weighted by molar-refractivity contribution is 0.0695. The molecule has 0 atom stereocenters. The Bertz CT molecular complexity index is 894. The molecule has 27 heavy (non-hydrogen) atoms. The van der Waals surface area contributed by atoms with Gasteiger partial charge in [-0.25, -0.2) is 4.79 Å². The van der Waals surface area contributed by atoms with E-state index in [1.54, 1.807) is 25.1 Å². The van der Waals surface area contributed by atoms with Gasteiger partial charge in [-0.1, -0.05) is 0 Å². The molecule has 0 radical (unpaired) electrons. The van der Waals surface area contributed by atoms with Crippen LogP contribution >= 0.6 is 11.8 Å². The summed E-state index contributed by atoms with van der Waals surface area (Å²) in [6, 6.07) is 7.66. The number of thioether (sulfide) groups is 1. The Morgan fingerprint density at radius 2 is 1.85 bits per heavy atom. The molecule has 2 aromatic rings. The van der Waals surface area contributed by atoms with E-state index in [0.717, 1.165) is 30.2 Å². The minimum Gasteiger partial charge on any atom is -0.478 e. The average Bonchev–Trinajstić information content (AvgIpc) is 2.69. The number of carboxylic acid groups (broad SMARTS) is 1. The monoisotopic (exact) mass is 385 g/mol. The fraction of sp³-hybridized carbons (Fsp3) is 0.263. The molecular weight excluding hydrogens is 366 g/mol. The SMILES string of the molecule is Cc1cc(C(=O)N2CCSCC2)ccc1NC(=O)c1cc(C(=O)O)ccn1. The highest BCUT2D eigenvalue weighted by molar-refractivity contribution is 7.99. The largest absolute Gasteiger partial charge is 0.478 e. The molecule has 1 saturated heterocycles. The molecule has 0 saturated carbocycles. The average molecular weight is 385 g/mol. The number of rotatable bonds is 4. The van der Waals surface area contributed by atoms with Crippen LogP contribution < -0.4 is 5.32 Å². The number of carboxylic acids is 1. The van der Waals surface area contributed by atoms with Gasteiger partial charge >= 0.3 is 5.97 Å². The van der Waals surface area contributed by atoms with Crippen molar-refractivity contribution < 1.29 is 19.5 Å². The van der Waals surface area contributed by atoms with Crippen LogP contribution in [0.15, 0.2) is 36.5 Å². The molecule has 0 aliphatic carbocycles. The first-order valence-corrected chi connectivity index (χ1v) is 9.59. The molecule has 1 aliphatic heterocycles. The summed E-state index contributed by atoms with van der Waals surface area (Å²) < 4.78 is 0. The number of aromatic nitrogens is 1. The number of carbonyl (C=O) groups excluding carboxylic acids is 2. The minimum atomic E-state index is -1.12. The summed E-state index contributed by atoms with van der Waals surface area (Å²) in [5, 5.41) is 11.7. The van der Waals surface area contributed by atoms with Gasteiger partial charge in [-0.15, -0.1) is 0 Å². The van der Waals surface area contributed by atoms with E-state index in [1.807, 2.05) is 16.7 Å². The molecule has 0 spiro atoms. The van der Waals surface area contributed by atoms with Crippen molar-refractivity contribution in [1.29, 1.82) is 0 Å². The molecule has 1 aromatic carbocycles. The van der Waals surface area contributed by atoms with Crippen LogP contribution in [0.3, 0.4) is 0 Å². The van der Waals surface area contributed by atoms with E-state index in [0.29, 0.717) is 11.3 Å². The van der Waals surface area contributed by atoms with E-state index in [1.165, 1.54) is 18.3 Å². The summed E-state index contributed by atoms with van der Waals surface area (Å²) in [5.74, 6) is 0.254. The van der Waals surface area contributed by atoms with Gasteiger partial charge in [0, 0.05) is 42.0 Å². The molecule has 2 heterocycles. The third-order valence-electron chi connectivity index (χ3n) is 4.26. The van der Waals surface area contributed by atoms with Crippen molar-refractivity contribution in [3.05, 3.63) is 58.9 Å². The summed E-state index contributed by atoms with van der Waals surface area (Å²) in [6.07, 6.45) is 1.28. The molecule has 3 rings (SSSR count). The standard InChI is InChI=1S/C19H19N3O4S/c1-12-10-13(18(24)22-6-8-27-9-7-22)2-3-15(12)21-17(23)16-11-14(19(25)26)4-5-20-16/h2-5,10-11H,6-9H2,1H3,(H,21,23)(H,25,26). The Morgan fingerprint density at radius 3 is 2.52 bits per heavy atom. The topological polar surface area (TPSA) is 99.6 Å². The molecule has 0 bridgehead atoms. The molecule has 8 heteroatoms. The van der Waals surface area contributed by atoms with Gasteiger partial charge < -0.3 is 15.3 Å². The van der Waals surface area contributed by atoms with Gasteiger partial charge in [-0.05, 0) is 42.8 Å². The lowest BCUT2D eigenvalue weighted by atomic mass is 10.1. The minimum absolute atomic E-state index is 0.00693. The highest BCUT2D eigenvalue weighted by atomic mass is 32.2. The Labute approximate surface area is 160 Å². The van der Waals surface area contributed by atoms with Crippen molar-refractivity contribution in [1.82, 2.24) is 9.88 Å². The quantitative estimate of drug-likeness (QED) is 0.839. The number of nitrogens with zero attached hydrogens (tertiary/aromatic N) is 2. The number of hydrogen-bond donors (Lipinski definition) is 2. The second-order valence-corrected chi connectivity index (χ2v) is 7.35. The predicted octanol–water partition coefficient (Wildman–Crippen LogP) is 2.53. The third kappa shape index (κ3) is 4.46. The zero-order valence-corrected chi connectivity index (χ0v) is 15.6. The highest BCUT2D eigenvalue weighted by Gasteiger charge is 2.19. The number of hydrogen-bond acceptors (Lipinski definition) is 5. The lowest BCUT2D eigenvalue weighted by Gasteiger charge is -2.26. The summed E-state index contributed by atoms with van der Waals surface area (Å²) in [7, 11) is 0. The number of anilines is 1. The van der Waals surface area contributed by atoms with Gasteiger partial charge in [-0.3, -0.25) is 14.6 Å². The fourth-order valence-electron chi connectivity index (χ4n) is 2.76. The molecule has 1 aliphatic rings. The van der Waals surface area contributed by atoms with Crippen molar-refractivity contribution in [2.24, 2.45) is 0 Å². The number of benzene rings is 1. The van der Waals surface area contributed by atoms with Crippen molar-refractivity contribution in [2.75, 3.05) is 29.9 Å². The lowest BCUT2D eigenvalue weighted by Crippen LogP contribution is -2.37. The molecular formula is C19H19N3O4S. The molecule has 1 aromatic heterocycles. The number of amides is 2. The van der Waals surface area contributed by atoms with Crippen LogP contribution in [0.1, 0.15) is 36.8 Å². The maximum Gasteiger partial charge on any atom is 0.335 e. The number of aromatic carboxylic acids is 1. The van der Waals surface area contributed by atoms with Crippen molar-refractivity contribution in [3.8, 4) is 0 Å². The van der Waals surface area contributed by atoms with Crippen molar-refractivity contribution in [2.45, 2.75) is 6.92 Å². The first-order valence-electron chi connectivity index (χ1n) is 8.44. The molecule has 1 fully saturated rings. The van der Waals surface area contributed by atoms with Crippen LogP contribution in [0.4, 0.5) is 5.69 Å². The summed E-state index contributed by atoms with van der Waals surface area (Å²) in [6.45, 7) is 3.29. The molecule has 7 nitrogen and oxygen atoms in total. The Hall–Kier alpha value is -2.87. The molecule has 2 N–H and O–H groups in total. The van der Waals surface area contributed by atoms with E-state index in [4.69, 9.17) is 5.11 Å². The van der Waals surface area contributed by atoms with Crippen LogP contribution in [0.5, 0.6) is 0 Å². The maximum atomic E-state index is 12.6. The number of aryl methyl sites for hydroxylation is 1. The Balaban J connectivity index is 1.74. The van der Waals surface area contributed by atoms with Crippen LogP contribution in [-0.2, 0) is 0 Å². The fourth-order valence-corrected chi connectivity index (χ4v) is 3.66. The summed E-state index contributed by atoms with van der Waals surface area (Å²) >= 11 is 1.84. The van der Waals surface area contributed by atoms with E-state index in [9.17, 15) is 14.4 Å². The van der Waals surface area contributed by atoms with E-state index >= 15 is 0 Å². The van der Waals surface area contributed by atoms with Crippen molar-refractivity contribution >= 4 is 35.2 Å². The van der Waals surface area contributed by atoms with E-state index in [-0.39, 0.29) is 17.2 Å². The Kier molecular flexibility index (Phi) is 5.75. The number of carbonyl (C=O) groups is 3. The predicted molar refractivity (Wildman–Crippen MR) is 104 cm³/mol. The zero-order chi connectivity index (χ0) is 19.4. The first kappa shape index (κ1) is 18.9. The normalized spacial score (nSPS) is 13.9. The number of pyridine rings is 1. The Morgan fingerprint density at radius 1 is 1.11 bits per heavy atom. The summed E-state index contributed by atoms with van der Waals surface area (Å²) in [5.41, 5.74) is 1.89. The van der Waals surface area contributed by atoms with Gasteiger partial charge in [-0.2, -0.15) is 11.8 Å². The third-order valence-corrected chi connectivity index (χ3v) is 5.20. The zero-order valence-electron chi connectivity index (χ0n) is 14.8. The van der Waals surface area contributed by atoms with Crippen molar-refractivity contribution in [3.63, 3.8) is 0 Å². The van der Waals surface area contributed by atoms with Gasteiger partial charge in [0.05, 0.1) is 5.56 Å². The highest BCUT2D eigenvalue weighted by Crippen LogP contribution is 2.20. The van der Waals surface area contributed by atoms with Gasteiger partial charge in [0.15, 0.2) is 0 Å². The molecule has 2 amide bonds. The number of nitrogens with one attached hydrogen (secondary N) is 1. The van der Waals surface area contributed by atoms with Gasteiger partial charge in [0.2, 0.25) is 0 Å². The summed E-state index contributed by atoms with van der Waals surface area (Å²) in [4.78, 5) is 41.7. The van der Waals surface area contributed by atoms with Crippen LogP contribution in [0, 0.1) is 6.92 Å². The van der Waals surface area contributed by atoms with E-state index < -0.39 is 11.9 Å².